The lowest BCUT2D eigenvalue weighted by Crippen LogP contribution is -2.27. The molecule has 2 heteroatoms. The molecule has 0 radical (unpaired) electrons. The number of nitrogens with two attached hydrogens (primary N) is 1. The Morgan fingerprint density at radius 1 is 1.29 bits per heavy atom. The molecule has 2 unspecified atom stereocenters. The maximum absolute atomic E-state index is 6.18. The zero-order valence-electron chi connectivity index (χ0n) is 10.6. The molecule has 0 aromatic heterocycles. The average molecular weight is 233 g/mol. The molecule has 0 aliphatic heterocycles. The average Bonchev–Trinajstić information content (AvgIpc) is 2.32. The summed E-state index contributed by atoms with van der Waals surface area (Å²) < 4.78 is 5.84. The van der Waals surface area contributed by atoms with E-state index in [0.29, 0.717) is 0 Å². The van der Waals surface area contributed by atoms with Gasteiger partial charge in [0.1, 0.15) is 0 Å². The second-order valence-electron chi connectivity index (χ2n) is 5.10. The van der Waals surface area contributed by atoms with Crippen LogP contribution in [-0.4, -0.2) is 12.7 Å². The van der Waals surface area contributed by atoms with Crippen molar-refractivity contribution >= 4 is 0 Å². The predicted octanol–water partition coefficient (Wildman–Crippen LogP) is 3.28. The third-order valence-corrected chi connectivity index (χ3v) is 3.82. The Morgan fingerprint density at radius 2 is 2.00 bits per heavy atom. The van der Waals surface area contributed by atoms with Crippen LogP contribution in [0.2, 0.25) is 0 Å². The van der Waals surface area contributed by atoms with Crippen molar-refractivity contribution in [2.75, 3.05) is 6.61 Å². The fourth-order valence-corrected chi connectivity index (χ4v) is 2.25. The molecule has 0 heterocycles. The fourth-order valence-electron chi connectivity index (χ4n) is 2.25. The lowest BCUT2D eigenvalue weighted by Gasteiger charge is -2.27. The van der Waals surface area contributed by atoms with E-state index in [0.717, 1.165) is 18.1 Å². The SMILES string of the molecule is CC(OCCC1CCC1)C(N)c1ccccc1. The van der Waals surface area contributed by atoms with Gasteiger partial charge in [0, 0.05) is 6.61 Å². The molecule has 0 spiro atoms. The van der Waals surface area contributed by atoms with Crippen LogP contribution in [0.1, 0.15) is 44.2 Å². The Labute approximate surface area is 104 Å². The molecule has 2 nitrogen and oxygen atoms in total. The molecule has 0 saturated heterocycles. The summed E-state index contributed by atoms with van der Waals surface area (Å²) in [6.07, 6.45) is 5.48. The van der Waals surface area contributed by atoms with Crippen molar-refractivity contribution in [3.63, 3.8) is 0 Å². The Kier molecular flexibility index (Phi) is 4.57. The van der Waals surface area contributed by atoms with Gasteiger partial charge in [-0.25, -0.2) is 0 Å². The van der Waals surface area contributed by atoms with Gasteiger partial charge in [-0.3, -0.25) is 0 Å². The number of benzene rings is 1. The summed E-state index contributed by atoms with van der Waals surface area (Å²) in [5.74, 6) is 0.912. The monoisotopic (exact) mass is 233 g/mol. The maximum Gasteiger partial charge on any atom is 0.0739 e. The summed E-state index contributed by atoms with van der Waals surface area (Å²) in [5.41, 5.74) is 7.33. The molecule has 94 valence electrons. The predicted molar refractivity (Wildman–Crippen MR) is 70.7 cm³/mol. The Morgan fingerprint density at radius 3 is 2.59 bits per heavy atom. The van der Waals surface area contributed by atoms with Gasteiger partial charge in [0.15, 0.2) is 0 Å². The van der Waals surface area contributed by atoms with Gasteiger partial charge in [0.05, 0.1) is 12.1 Å². The summed E-state index contributed by atoms with van der Waals surface area (Å²) in [7, 11) is 0. The molecule has 1 aliphatic carbocycles. The molecule has 2 N–H and O–H groups in total. The highest BCUT2D eigenvalue weighted by atomic mass is 16.5. The van der Waals surface area contributed by atoms with Crippen LogP contribution in [0, 0.1) is 5.92 Å². The first-order chi connectivity index (χ1) is 8.27. The van der Waals surface area contributed by atoms with E-state index in [4.69, 9.17) is 10.5 Å². The van der Waals surface area contributed by atoms with E-state index in [2.05, 4.69) is 19.1 Å². The van der Waals surface area contributed by atoms with E-state index < -0.39 is 0 Å². The van der Waals surface area contributed by atoms with Crippen molar-refractivity contribution in [1.82, 2.24) is 0 Å². The topological polar surface area (TPSA) is 35.2 Å². The van der Waals surface area contributed by atoms with Gasteiger partial charge >= 0.3 is 0 Å². The molecular weight excluding hydrogens is 210 g/mol. The van der Waals surface area contributed by atoms with Gasteiger partial charge in [0.2, 0.25) is 0 Å². The van der Waals surface area contributed by atoms with Crippen molar-refractivity contribution in [3.05, 3.63) is 35.9 Å². The van der Waals surface area contributed by atoms with Crippen LogP contribution >= 0.6 is 0 Å². The molecule has 1 aliphatic rings. The highest BCUT2D eigenvalue weighted by Gasteiger charge is 2.19. The van der Waals surface area contributed by atoms with Gasteiger partial charge in [0.25, 0.3) is 0 Å². The van der Waals surface area contributed by atoms with Crippen LogP contribution < -0.4 is 5.73 Å². The third-order valence-electron chi connectivity index (χ3n) is 3.82. The van der Waals surface area contributed by atoms with Crippen LogP contribution in [0.5, 0.6) is 0 Å². The Bertz CT molecular complexity index is 321. The lowest BCUT2D eigenvalue weighted by molar-refractivity contribution is 0.0335. The first kappa shape index (κ1) is 12.6. The third kappa shape index (κ3) is 3.55. The van der Waals surface area contributed by atoms with Gasteiger partial charge in [-0.1, -0.05) is 49.6 Å². The number of ether oxygens (including phenoxy) is 1. The molecule has 2 rings (SSSR count). The normalized spacial score (nSPS) is 19.6. The minimum atomic E-state index is -0.0161. The molecule has 0 bridgehead atoms. The summed E-state index contributed by atoms with van der Waals surface area (Å²) >= 11 is 0. The van der Waals surface area contributed by atoms with Crippen molar-refractivity contribution < 1.29 is 4.74 Å². The number of hydrogen-bond donors (Lipinski definition) is 1. The first-order valence-corrected chi connectivity index (χ1v) is 6.69. The van der Waals surface area contributed by atoms with E-state index in [-0.39, 0.29) is 12.1 Å². The second-order valence-corrected chi connectivity index (χ2v) is 5.10. The summed E-state index contributed by atoms with van der Waals surface area (Å²) in [5, 5.41) is 0. The molecular formula is C15H23NO. The van der Waals surface area contributed by atoms with Crippen LogP contribution in [-0.2, 0) is 4.74 Å². The number of rotatable bonds is 6. The highest BCUT2D eigenvalue weighted by Crippen LogP contribution is 2.29. The highest BCUT2D eigenvalue weighted by molar-refractivity contribution is 5.19. The zero-order chi connectivity index (χ0) is 12.1. The van der Waals surface area contributed by atoms with Crippen molar-refractivity contribution in [3.8, 4) is 0 Å². The molecule has 1 fully saturated rings. The van der Waals surface area contributed by atoms with Crippen molar-refractivity contribution in [2.45, 2.75) is 44.8 Å². The molecule has 1 aromatic carbocycles. The Balaban J connectivity index is 1.72. The van der Waals surface area contributed by atoms with E-state index in [1.807, 2.05) is 18.2 Å². The maximum atomic E-state index is 6.18. The van der Waals surface area contributed by atoms with E-state index in [1.54, 1.807) is 0 Å². The van der Waals surface area contributed by atoms with Crippen LogP contribution in [0.3, 0.4) is 0 Å². The van der Waals surface area contributed by atoms with E-state index in [9.17, 15) is 0 Å². The Hall–Kier alpha value is -0.860. The van der Waals surface area contributed by atoms with Gasteiger partial charge in [-0.05, 0) is 24.8 Å². The minimum absolute atomic E-state index is 0.0161. The van der Waals surface area contributed by atoms with Crippen molar-refractivity contribution in [2.24, 2.45) is 11.7 Å². The van der Waals surface area contributed by atoms with Gasteiger partial charge < -0.3 is 10.5 Å². The molecule has 17 heavy (non-hydrogen) atoms. The summed E-state index contributed by atoms with van der Waals surface area (Å²) in [6.45, 7) is 2.92. The van der Waals surface area contributed by atoms with Crippen LogP contribution in [0.4, 0.5) is 0 Å². The minimum Gasteiger partial charge on any atom is -0.377 e. The molecule has 0 amide bonds. The second kappa shape index (κ2) is 6.18. The standard InChI is InChI=1S/C15H23NO/c1-12(17-11-10-13-6-5-7-13)15(16)14-8-3-2-4-9-14/h2-4,8-9,12-13,15H,5-7,10-11,16H2,1H3. The smallest absolute Gasteiger partial charge is 0.0739 e. The number of hydrogen-bond acceptors (Lipinski definition) is 2. The van der Waals surface area contributed by atoms with Crippen molar-refractivity contribution in [1.29, 1.82) is 0 Å². The molecule has 2 atom stereocenters. The molecule has 1 aromatic rings. The van der Waals surface area contributed by atoms with Gasteiger partial charge in [-0.2, -0.15) is 0 Å². The first-order valence-electron chi connectivity index (χ1n) is 6.69. The van der Waals surface area contributed by atoms with Crippen LogP contribution in [0.25, 0.3) is 0 Å². The zero-order valence-corrected chi connectivity index (χ0v) is 10.6. The lowest BCUT2D eigenvalue weighted by atomic mass is 9.83. The fraction of sp³-hybridized carbons (Fsp3) is 0.600. The largest absolute Gasteiger partial charge is 0.377 e. The molecule has 1 saturated carbocycles. The summed E-state index contributed by atoms with van der Waals surface area (Å²) in [6, 6.07) is 10.2. The van der Waals surface area contributed by atoms with Crippen LogP contribution in [0.15, 0.2) is 30.3 Å². The summed E-state index contributed by atoms with van der Waals surface area (Å²) in [4.78, 5) is 0. The quantitative estimate of drug-likeness (QED) is 0.818. The van der Waals surface area contributed by atoms with E-state index in [1.165, 1.54) is 25.7 Å². The van der Waals surface area contributed by atoms with Gasteiger partial charge in [-0.15, -0.1) is 0 Å². The van der Waals surface area contributed by atoms with E-state index >= 15 is 0 Å².